The quantitative estimate of drug-likeness (QED) is 0.924. The van der Waals surface area contributed by atoms with E-state index >= 15 is 0 Å². The van der Waals surface area contributed by atoms with Crippen LogP contribution in [-0.4, -0.2) is 35.7 Å². The summed E-state index contributed by atoms with van der Waals surface area (Å²) in [5, 5.41) is 3.45. The third kappa shape index (κ3) is 5.50. The molecule has 1 aliphatic heterocycles. The molecule has 23 heavy (non-hydrogen) atoms. The van der Waals surface area contributed by atoms with Crippen LogP contribution < -0.4 is 5.32 Å². The highest BCUT2D eigenvalue weighted by Gasteiger charge is 2.26. The maximum atomic E-state index is 13.5. The number of amides is 1. The molecule has 1 amide bonds. The Morgan fingerprint density at radius 1 is 1.35 bits per heavy atom. The van der Waals surface area contributed by atoms with Crippen molar-refractivity contribution in [1.29, 1.82) is 0 Å². The molecule has 1 heterocycles. The molecule has 0 aromatic heterocycles. The summed E-state index contributed by atoms with van der Waals surface area (Å²) in [7, 11) is 0. The Hall–Kier alpha value is -1.62. The number of aryl methyl sites for hydroxylation is 1. The predicted molar refractivity (Wildman–Crippen MR) is 88.8 cm³/mol. The van der Waals surface area contributed by atoms with Gasteiger partial charge in [0.2, 0.25) is 0 Å². The van der Waals surface area contributed by atoms with Crippen LogP contribution in [0.4, 0.5) is 9.18 Å². The molecule has 2 rings (SSSR count). The molecule has 0 unspecified atom stereocenters. The number of halogens is 1. The Labute approximate surface area is 138 Å². The van der Waals surface area contributed by atoms with E-state index < -0.39 is 5.60 Å². The summed E-state index contributed by atoms with van der Waals surface area (Å²) in [5.41, 5.74) is 1.16. The monoisotopic (exact) mass is 322 g/mol. The number of hydrogen-bond donors (Lipinski definition) is 1. The minimum atomic E-state index is -0.457. The van der Waals surface area contributed by atoms with Crippen molar-refractivity contribution in [3.8, 4) is 0 Å². The van der Waals surface area contributed by atoms with Crippen LogP contribution in [0.25, 0.3) is 0 Å². The summed E-state index contributed by atoms with van der Waals surface area (Å²) in [5.74, 6) is -0.163. The molecule has 0 radical (unpaired) electrons. The molecule has 4 nitrogen and oxygen atoms in total. The Kier molecular flexibility index (Phi) is 5.63. The topological polar surface area (TPSA) is 41.6 Å². The molecular weight excluding hydrogens is 295 g/mol. The van der Waals surface area contributed by atoms with E-state index in [-0.39, 0.29) is 11.9 Å². The SMILES string of the molecule is Cc1ccc(CNC2CCN(C(=O)OC(C)(C)C)CC2)cc1F. The van der Waals surface area contributed by atoms with Crippen LogP contribution in [0.2, 0.25) is 0 Å². The Morgan fingerprint density at radius 3 is 2.57 bits per heavy atom. The lowest BCUT2D eigenvalue weighted by Crippen LogP contribution is -2.46. The number of nitrogens with one attached hydrogen (secondary N) is 1. The van der Waals surface area contributed by atoms with Gasteiger partial charge in [0.25, 0.3) is 0 Å². The highest BCUT2D eigenvalue weighted by Crippen LogP contribution is 2.16. The van der Waals surface area contributed by atoms with E-state index in [1.165, 1.54) is 0 Å². The Bertz CT molecular complexity index is 546. The number of hydrogen-bond acceptors (Lipinski definition) is 3. The number of nitrogens with zero attached hydrogens (tertiary/aromatic N) is 1. The van der Waals surface area contributed by atoms with Gasteiger partial charge in [0.15, 0.2) is 0 Å². The van der Waals surface area contributed by atoms with Crippen molar-refractivity contribution >= 4 is 6.09 Å². The van der Waals surface area contributed by atoms with Crippen molar-refractivity contribution in [2.75, 3.05) is 13.1 Å². The van der Waals surface area contributed by atoms with E-state index in [1.54, 1.807) is 24.0 Å². The lowest BCUT2D eigenvalue weighted by molar-refractivity contribution is 0.0198. The average molecular weight is 322 g/mol. The molecule has 0 spiro atoms. The predicted octanol–water partition coefficient (Wildman–Crippen LogP) is 3.62. The second-order valence-electron chi connectivity index (χ2n) is 7.21. The first-order chi connectivity index (χ1) is 10.7. The van der Waals surface area contributed by atoms with Crippen molar-refractivity contribution in [2.24, 2.45) is 0 Å². The third-order valence-corrected chi connectivity index (χ3v) is 3.98. The van der Waals surface area contributed by atoms with E-state index in [2.05, 4.69) is 5.32 Å². The summed E-state index contributed by atoms with van der Waals surface area (Å²) >= 11 is 0. The zero-order chi connectivity index (χ0) is 17.0. The normalized spacial score (nSPS) is 16.5. The van der Waals surface area contributed by atoms with Gasteiger partial charge in [-0.2, -0.15) is 0 Å². The van der Waals surface area contributed by atoms with Crippen molar-refractivity contribution in [3.05, 3.63) is 35.1 Å². The second kappa shape index (κ2) is 7.30. The van der Waals surface area contributed by atoms with E-state index in [9.17, 15) is 9.18 Å². The summed E-state index contributed by atoms with van der Waals surface area (Å²) < 4.78 is 18.9. The summed E-state index contributed by atoms with van der Waals surface area (Å²) in [4.78, 5) is 13.8. The number of ether oxygens (including phenoxy) is 1. The Morgan fingerprint density at radius 2 is 2.00 bits per heavy atom. The number of likely N-dealkylation sites (tertiary alicyclic amines) is 1. The summed E-state index contributed by atoms with van der Waals surface area (Å²) in [6.45, 7) is 9.41. The number of benzene rings is 1. The lowest BCUT2D eigenvalue weighted by Gasteiger charge is -2.33. The fourth-order valence-electron chi connectivity index (χ4n) is 2.60. The lowest BCUT2D eigenvalue weighted by atomic mass is 10.0. The molecule has 1 saturated heterocycles. The molecule has 5 heteroatoms. The fraction of sp³-hybridized carbons (Fsp3) is 0.611. The van der Waals surface area contributed by atoms with Crippen molar-refractivity contribution < 1.29 is 13.9 Å². The van der Waals surface area contributed by atoms with Crippen LogP contribution in [0.3, 0.4) is 0 Å². The van der Waals surface area contributed by atoms with Gasteiger partial charge >= 0.3 is 6.09 Å². The maximum absolute atomic E-state index is 13.5. The first kappa shape index (κ1) is 17.7. The van der Waals surface area contributed by atoms with E-state index in [4.69, 9.17) is 4.74 Å². The first-order valence-corrected chi connectivity index (χ1v) is 8.21. The van der Waals surface area contributed by atoms with Gasteiger partial charge in [-0.15, -0.1) is 0 Å². The molecule has 1 fully saturated rings. The van der Waals surface area contributed by atoms with Crippen LogP contribution in [0.1, 0.15) is 44.7 Å². The molecule has 0 aliphatic carbocycles. The van der Waals surface area contributed by atoms with Gasteiger partial charge in [-0.1, -0.05) is 12.1 Å². The minimum Gasteiger partial charge on any atom is -0.444 e. The molecule has 1 N–H and O–H groups in total. The largest absolute Gasteiger partial charge is 0.444 e. The highest BCUT2D eigenvalue weighted by molar-refractivity contribution is 5.68. The molecule has 1 aromatic carbocycles. The van der Waals surface area contributed by atoms with E-state index in [1.807, 2.05) is 26.8 Å². The standard InChI is InChI=1S/C18H27FN2O2/c1-13-5-6-14(11-16(13)19)12-20-15-7-9-21(10-8-15)17(22)23-18(2,3)4/h5-6,11,15,20H,7-10,12H2,1-4H3. The number of carbonyl (C=O) groups is 1. The molecule has 0 atom stereocenters. The second-order valence-corrected chi connectivity index (χ2v) is 7.21. The molecule has 1 aliphatic rings. The first-order valence-electron chi connectivity index (χ1n) is 8.21. The molecule has 128 valence electrons. The molecule has 0 bridgehead atoms. The molecular formula is C18H27FN2O2. The maximum Gasteiger partial charge on any atom is 0.410 e. The van der Waals surface area contributed by atoms with Gasteiger partial charge in [0.1, 0.15) is 11.4 Å². The zero-order valence-corrected chi connectivity index (χ0v) is 14.5. The van der Waals surface area contributed by atoms with Gasteiger partial charge in [-0.25, -0.2) is 9.18 Å². The number of piperidine rings is 1. The Balaban J connectivity index is 1.76. The summed E-state index contributed by atoms with van der Waals surface area (Å²) in [6, 6.07) is 5.68. The van der Waals surface area contributed by atoms with Crippen LogP contribution >= 0.6 is 0 Å². The smallest absolute Gasteiger partial charge is 0.410 e. The summed E-state index contributed by atoms with van der Waals surface area (Å²) in [6.07, 6.45) is 1.53. The van der Waals surface area contributed by atoms with Gasteiger partial charge in [0, 0.05) is 25.7 Å². The van der Waals surface area contributed by atoms with Crippen LogP contribution in [-0.2, 0) is 11.3 Å². The fourth-order valence-corrected chi connectivity index (χ4v) is 2.60. The van der Waals surface area contributed by atoms with Gasteiger partial charge in [-0.3, -0.25) is 0 Å². The van der Waals surface area contributed by atoms with E-state index in [0.717, 1.165) is 18.4 Å². The average Bonchev–Trinajstić information content (AvgIpc) is 2.47. The highest BCUT2D eigenvalue weighted by atomic mass is 19.1. The molecule has 1 aromatic rings. The third-order valence-electron chi connectivity index (χ3n) is 3.98. The van der Waals surface area contributed by atoms with Gasteiger partial charge < -0.3 is 15.0 Å². The zero-order valence-electron chi connectivity index (χ0n) is 14.5. The van der Waals surface area contributed by atoms with Crippen molar-refractivity contribution in [2.45, 2.75) is 58.7 Å². The van der Waals surface area contributed by atoms with Crippen LogP contribution in [0, 0.1) is 12.7 Å². The molecule has 0 saturated carbocycles. The minimum absolute atomic E-state index is 0.163. The van der Waals surface area contributed by atoms with Gasteiger partial charge in [0.05, 0.1) is 0 Å². The van der Waals surface area contributed by atoms with E-state index in [0.29, 0.717) is 31.2 Å². The number of carbonyl (C=O) groups excluding carboxylic acids is 1. The number of rotatable bonds is 3. The van der Waals surface area contributed by atoms with Crippen LogP contribution in [0.5, 0.6) is 0 Å². The van der Waals surface area contributed by atoms with Crippen LogP contribution in [0.15, 0.2) is 18.2 Å². The van der Waals surface area contributed by atoms with Crippen molar-refractivity contribution in [3.63, 3.8) is 0 Å². The van der Waals surface area contributed by atoms with Crippen molar-refractivity contribution in [1.82, 2.24) is 10.2 Å². The van der Waals surface area contributed by atoms with Gasteiger partial charge in [-0.05, 0) is 57.7 Å².